The molecular weight excluding hydrogens is 502 g/mol. The molecule has 13 heteroatoms. The fourth-order valence-corrected chi connectivity index (χ4v) is 5.40. The van der Waals surface area contributed by atoms with Crippen LogP contribution >= 0.6 is 0 Å². The Balaban J connectivity index is 2.05. The zero-order valence-corrected chi connectivity index (χ0v) is 23.1. The Kier molecular flexibility index (Phi) is 8.01. The molecule has 12 nitrogen and oxygen atoms in total. The lowest BCUT2D eigenvalue weighted by Gasteiger charge is -2.24. The standard InChI is InChI=1S/C24H35N5O7S/c1-15-20(21(30)25-14-17-9-8-12-35-17)26-28(24(5,6)7)22(15)36-18-11-10-16(29(31)32)13-19(18)37(33,34)27-23(2,3)4/h10-11,13,17,27H,8-9,12,14H2,1-7H3,(H,25,30)/t17-/m0/s1. The molecule has 2 aromatic rings. The minimum absolute atomic E-state index is 0.0483. The molecule has 1 aromatic heterocycles. The SMILES string of the molecule is Cc1c(C(=O)NC[C@@H]2CCCO2)nn(C(C)(C)C)c1Oc1ccc([N+](=O)[O-])cc1S(=O)(=O)NC(C)(C)C. The molecule has 2 heterocycles. The van der Waals surface area contributed by atoms with Gasteiger partial charge < -0.3 is 14.8 Å². The van der Waals surface area contributed by atoms with Crippen molar-refractivity contribution in [2.45, 2.75) is 83.4 Å². The molecule has 2 N–H and O–H groups in total. The number of nitro groups is 1. The van der Waals surface area contributed by atoms with Crippen molar-refractivity contribution in [3.05, 3.63) is 39.6 Å². The first-order valence-electron chi connectivity index (χ1n) is 12.0. The lowest BCUT2D eigenvalue weighted by atomic mass is 10.1. The molecule has 1 saturated heterocycles. The summed E-state index contributed by atoms with van der Waals surface area (Å²) in [4.78, 5) is 23.3. The van der Waals surface area contributed by atoms with Gasteiger partial charge in [0.15, 0.2) is 5.69 Å². The Bertz CT molecular complexity index is 1280. The van der Waals surface area contributed by atoms with Crippen molar-refractivity contribution in [1.29, 1.82) is 0 Å². The number of nitrogens with one attached hydrogen (secondary N) is 2. The third kappa shape index (κ3) is 6.84. The minimum Gasteiger partial charge on any atom is -0.438 e. The van der Waals surface area contributed by atoms with Crippen molar-refractivity contribution >= 4 is 21.6 Å². The number of rotatable bonds is 8. The summed E-state index contributed by atoms with van der Waals surface area (Å²) in [6.45, 7) is 13.2. The number of non-ortho nitro benzene ring substituents is 1. The molecule has 1 fully saturated rings. The number of hydrogen-bond donors (Lipinski definition) is 2. The summed E-state index contributed by atoms with van der Waals surface area (Å²) in [6.07, 6.45) is 1.76. The summed E-state index contributed by atoms with van der Waals surface area (Å²) in [5.74, 6) is -0.398. The molecule has 37 heavy (non-hydrogen) atoms. The third-order valence-electron chi connectivity index (χ3n) is 5.51. The van der Waals surface area contributed by atoms with E-state index in [1.807, 2.05) is 20.8 Å². The number of nitrogens with zero attached hydrogens (tertiary/aromatic N) is 3. The summed E-state index contributed by atoms with van der Waals surface area (Å²) in [6, 6.07) is 3.34. The quantitative estimate of drug-likeness (QED) is 0.382. The van der Waals surface area contributed by atoms with E-state index < -0.39 is 42.5 Å². The van der Waals surface area contributed by atoms with Crippen LogP contribution in [-0.2, 0) is 20.3 Å². The Morgan fingerprint density at radius 2 is 1.95 bits per heavy atom. The molecule has 204 valence electrons. The van der Waals surface area contributed by atoms with Crippen molar-refractivity contribution in [2.75, 3.05) is 13.2 Å². The van der Waals surface area contributed by atoms with Gasteiger partial charge in [0.2, 0.25) is 15.9 Å². The fraction of sp³-hybridized carbons (Fsp3) is 0.583. The van der Waals surface area contributed by atoms with Crippen LogP contribution < -0.4 is 14.8 Å². The zero-order valence-electron chi connectivity index (χ0n) is 22.2. The van der Waals surface area contributed by atoms with Crippen LogP contribution in [0.25, 0.3) is 0 Å². The third-order valence-corrected chi connectivity index (χ3v) is 7.29. The number of amides is 1. The van der Waals surface area contributed by atoms with E-state index in [9.17, 15) is 23.3 Å². The van der Waals surface area contributed by atoms with E-state index >= 15 is 0 Å². The molecule has 1 atom stereocenters. The maximum atomic E-state index is 13.2. The molecule has 0 bridgehead atoms. The summed E-state index contributed by atoms with van der Waals surface area (Å²) < 4.78 is 42.1. The molecule has 0 radical (unpaired) electrons. The molecule has 1 amide bonds. The van der Waals surface area contributed by atoms with Gasteiger partial charge in [-0.15, -0.1) is 0 Å². The van der Waals surface area contributed by atoms with Crippen LogP contribution in [0.1, 0.15) is 70.4 Å². The van der Waals surface area contributed by atoms with Gasteiger partial charge in [0.1, 0.15) is 10.6 Å². The highest BCUT2D eigenvalue weighted by Gasteiger charge is 2.32. The summed E-state index contributed by atoms with van der Waals surface area (Å²) in [7, 11) is -4.22. The Hall–Kier alpha value is -3.03. The monoisotopic (exact) mass is 537 g/mol. The highest BCUT2D eigenvalue weighted by Crippen LogP contribution is 2.37. The van der Waals surface area contributed by atoms with Gasteiger partial charge in [-0.3, -0.25) is 14.9 Å². The van der Waals surface area contributed by atoms with Gasteiger partial charge >= 0.3 is 0 Å². The average Bonchev–Trinajstić information content (AvgIpc) is 3.38. The number of hydrogen-bond acceptors (Lipinski definition) is 8. The van der Waals surface area contributed by atoms with Crippen molar-refractivity contribution in [1.82, 2.24) is 19.8 Å². The number of nitro benzene ring substituents is 1. The smallest absolute Gasteiger partial charge is 0.272 e. The van der Waals surface area contributed by atoms with E-state index in [4.69, 9.17) is 9.47 Å². The van der Waals surface area contributed by atoms with Crippen molar-refractivity contribution in [3.63, 3.8) is 0 Å². The van der Waals surface area contributed by atoms with E-state index in [-0.39, 0.29) is 23.4 Å². The minimum atomic E-state index is -4.22. The fourth-order valence-electron chi connectivity index (χ4n) is 3.83. The molecule has 0 spiro atoms. The maximum absolute atomic E-state index is 13.2. The van der Waals surface area contributed by atoms with Gasteiger partial charge in [0.25, 0.3) is 11.6 Å². The molecule has 1 aromatic carbocycles. The highest BCUT2D eigenvalue weighted by atomic mass is 32.2. The van der Waals surface area contributed by atoms with Crippen molar-refractivity contribution in [2.24, 2.45) is 0 Å². The van der Waals surface area contributed by atoms with Gasteiger partial charge in [-0.2, -0.15) is 5.10 Å². The number of aromatic nitrogens is 2. The zero-order chi connectivity index (χ0) is 27.8. The number of benzene rings is 1. The number of carbonyl (C=O) groups is 1. The summed E-state index contributed by atoms with van der Waals surface area (Å²) >= 11 is 0. The molecule has 1 aliphatic heterocycles. The maximum Gasteiger partial charge on any atom is 0.272 e. The molecular formula is C24H35N5O7S. The second kappa shape index (κ2) is 10.4. The molecule has 0 unspecified atom stereocenters. The second-order valence-corrected chi connectivity index (χ2v) is 12.7. The van der Waals surface area contributed by atoms with E-state index in [1.165, 1.54) is 10.7 Å². The predicted molar refractivity (Wildman–Crippen MR) is 137 cm³/mol. The van der Waals surface area contributed by atoms with Crippen molar-refractivity contribution in [3.8, 4) is 11.6 Å². The molecule has 1 aliphatic rings. The van der Waals surface area contributed by atoms with Crippen LogP contribution in [0, 0.1) is 17.0 Å². The summed E-state index contributed by atoms with van der Waals surface area (Å²) in [5, 5.41) is 18.7. The molecule has 0 aliphatic carbocycles. The highest BCUT2D eigenvalue weighted by molar-refractivity contribution is 7.89. The van der Waals surface area contributed by atoms with Crippen molar-refractivity contribution < 1.29 is 27.6 Å². The first-order chi connectivity index (χ1) is 17.0. The number of sulfonamides is 1. The van der Waals surface area contributed by atoms with Crippen LogP contribution in [0.15, 0.2) is 23.1 Å². The first kappa shape index (κ1) is 28.5. The average molecular weight is 538 g/mol. The van der Waals surface area contributed by atoms with Gasteiger partial charge in [0.05, 0.1) is 16.6 Å². The lowest BCUT2D eigenvalue weighted by molar-refractivity contribution is -0.385. The van der Waals surface area contributed by atoms with Gasteiger partial charge in [-0.05, 0) is 67.4 Å². The van der Waals surface area contributed by atoms with Crippen LogP contribution in [0.3, 0.4) is 0 Å². The second-order valence-electron chi connectivity index (χ2n) is 11.1. The Morgan fingerprint density at radius 3 is 2.49 bits per heavy atom. The lowest BCUT2D eigenvalue weighted by Crippen LogP contribution is -2.40. The Morgan fingerprint density at radius 1 is 1.27 bits per heavy atom. The van der Waals surface area contributed by atoms with Gasteiger partial charge in [-0.25, -0.2) is 17.8 Å². The normalized spacial score (nSPS) is 16.6. The van der Waals surface area contributed by atoms with Crippen LogP contribution in [0.2, 0.25) is 0 Å². The van der Waals surface area contributed by atoms with E-state index in [2.05, 4.69) is 15.1 Å². The van der Waals surface area contributed by atoms with E-state index in [0.717, 1.165) is 25.0 Å². The predicted octanol–water partition coefficient (Wildman–Crippen LogP) is 3.63. The van der Waals surface area contributed by atoms with Gasteiger partial charge in [0, 0.05) is 36.4 Å². The molecule has 3 rings (SSSR count). The largest absolute Gasteiger partial charge is 0.438 e. The van der Waals surface area contributed by atoms with Gasteiger partial charge in [-0.1, -0.05) is 0 Å². The van der Waals surface area contributed by atoms with Crippen LogP contribution in [0.5, 0.6) is 11.6 Å². The number of ether oxygens (including phenoxy) is 2. The van der Waals surface area contributed by atoms with Crippen LogP contribution in [0.4, 0.5) is 5.69 Å². The van der Waals surface area contributed by atoms with Crippen LogP contribution in [-0.4, -0.2) is 53.8 Å². The topological polar surface area (TPSA) is 155 Å². The first-order valence-corrected chi connectivity index (χ1v) is 13.5. The number of carbonyl (C=O) groups excluding carboxylic acids is 1. The summed E-state index contributed by atoms with van der Waals surface area (Å²) in [5.41, 5.74) is -1.38. The Labute approximate surface area is 216 Å². The van der Waals surface area contributed by atoms with E-state index in [1.54, 1.807) is 27.7 Å². The van der Waals surface area contributed by atoms with E-state index in [0.29, 0.717) is 18.7 Å². The molecule has 0 saturated carbocycles.